The lowest BCUT2D eigenvalue weighted by molar-refractivity contribution is -0.123. The maximum absolute atomic E-state index is 13.9. The normalized spacial score (nSPS) is 12.3. The number of H-pyrrole nitrogens is 1. The van der Waals surface area contributed by atoms with Gasteiger partial charge in [0.05, 0.1) is 34.0 Å². The zero-order valence-corrected chi connectivity index (χ0v) is 23.9. The zero-order valence-electron chi connectivity index (χ0n) is 22.3. The molecule has 0 bridgehead atoms. The summed E-state index contributed by atoms with van der Waals surface area (Å²) in [6, 6.07) is 16.6. The number of hydrogen-bond acceptors (Lipinski definition) is 8. The number of anilines is 2. The number of aromatic amines is 1. The molecule has 0 radical (unpaired) electrons. The first-order valence-electron chi connectivity index (χ1n) is 12.7. The molecule has 220 valence electrons. The number of benzene rings is 2. The SMILES string of the molecule is CCOC(=O)c1ccc(OC(C(=O)Nc2cc(NS(=O)O)ccc2Cl)c2nc3[nH]ccc3c(=O)n2-c2ccccn2)cc1. The minimum absolute atomic E-state index is 0.0843. The van der Waals surface area contributed by atoms with Gasteiger partial charge in [-0.3, -0.25) is 18.9 Å². The van der Waals surface area contributed by atoms with Crippen molar-refractivity contribution >= 4 is 57.2 Å². The molecule has 3 heterocycles. The largest absolute Gasteiger partial charge is 0.473 e. The van der Waals surface area contributed by atoms with E-state index in [0.29, 0.717) is 0 Å². The van der Waals surface area contributed by atoms with E-state index in [0.717, 1.165) is 0 Å². The summed E-state index contributed by atoms with van der Waals surface area (Å²) in [5.74, 6) is -1.09. The van der Waals surface area contributed by atoms with Crippen LogP contribution in [-0.2, 0) is 20.8 Å². The topological polar surface area (TPSA) is 178 Å². The van der Waals surface area contributed by atoms with E-state index in [2.05, 4.69) is 25.0 Å². The number of amides is 1. The number of fused-ring (bicyclic) bond motifs is 1. The first kappa shape index (κ1) is 29.4. The number of rotatable bonds is 10. The molecule has 2 atom stereocenters. The van der Waals surface area contributed by atoms with Crippen LogP contribution in [0.4, 0.5) is 11.4 Å². The molecular formula is C28H23ClN6O7S. The van der Waals surface area contributed by atoms with Gasteiger partial charge in [-0.1, -0.05) is 17.7 Å². The van der Waals surface area contributed by atoms with Crippen LogP contribution in [0.2, 0.25) is 5.02 Å². The molecular weight excluding hydrogens is 600 g/mol. The maximum Gasteiger partial charge on any atom is 0.338 e. The van der Waals surface area contributed by atoms with Crippen LogP contribution >= 0.6 is 11.6 Å². The third kappa shape index (κ3) is 6.56. The van der Waals surface area contributed by atoms with Gasteiger partial charge in [0.2, 0.25) is 6.10 Å². The second-order valence-corrected chi connectivity index (χ2v) is 9.93. The third-order valence-electron chi connectivity index (χ3n) is 6.01. The molecule has 1 amide bonds. The van der Waals surface area contributed by atoms with Crippen molar-refractivity contribution in [2.75, 3.05) is 16.6 Å². The molecule has 15 heteroatoms. The monoisotopic (exact) mass is 622 g/mol. The van der Waals surface area contributed by atoms with Crippen molar-refractivity contribution in [1.82, 2.24) is 19.5 Å². The minimum Gasteiger partial charge on any atom is -0.473 e. The molecule has 0 aliphatic heterocycles. The van der Waals surface area contributed by atoms with E-state index in [4.69, 9.17) is 21.1 Å². The van der Waals surface area contributed by atoms with Crippen LogP contribution in [0, 0.1) is 0 Å². The summed E-state index contributed by atoms with van der Waals surface area (Å²) < 4.78 is 35.1. The van der Waals surface area contributed by atoms with Gasteiger partial charge in [-0.15, -0.1) is 0 Å². The number of carbonyl (C=O) groups excluding carboxylic acids is 2. The Morgan fingerprint density at radius 3 is 2.63 bits per heavy atom. The van der Waals surface area contributed by atoms with E-state index in [9.17, 15) is 23.1 Å². The first-order valence-corrected chi connectivity index (χ1v) is 14.2. The molecule has 13 nitrogen and oxygen atoms in total. The Hall–Kier alpha value is -5.05. The van der Waals surface area contributed by atoms with Crippen molar-refractivity contribution in [3.8, 4) is 11.6 Å². The molecule has 5 aromatic rings. The lowest BCUT2D eigenvalue weighted by atomic mass is 10.2. The number of pyridine rings is 1. The fraction of sp³-hybridized carbons (Fsp3) is 0.107. The summed E-state index contributed by atoms with van der Waals surface area (Å²) in [6.07, 6.45) is 1.45. The number of aromatic nitrogens is 4. The first-order chi connectivity index (χ1) is 20.7. The lowest BCUT2D eigenvalue weighted by Gasteiger charge is -2.22. The van der Waals surface area contributed by atoms with Crippen LogP contribution in [0.15, 0.2) is 83.9 Å². The van der Waals surface area contributed by atoms with Crippen molar-refractivity contribution in [2.45, 2.75) is 13.0 Å². The highest BCUT2D eigenvalue weighted by molar-refractivity contribution is 7.80. The van der Waals surface area contributed by atoms with Gasteiger partial charge in [-0.05, 0) is 67.6 Å². The Morgan fingerprint density at radius 2 is 1.93 bits per heavy atom. The van der Waals surface area contributed by atoms with Gasteiger partial charge < -0.3 is 19.8 Å². The number of ether oxygens (including phenoxy) is 2. The average molecular weight is 623 g/mol. The van der Waals surface area contributed by atoms with E-state index in [1.54, 1.807) is 37.4 Å². The Labute approximate surface area is 251 Å². The second-order valence-electron chi connectivity index (χ2n) is 8.82. The number of hydrogen-bond donors (Lipinski definition) is 4. The van der Waals surface area contributed by atoms with Crippen molar-refractivity contribution < 1.29 is 27.8 Å². The molecule has 4 N–H and O–H groups in total. The Balaban J connectivity index is 1.62. The molecule has 2 unspecified atom stereocenters. The molecule has 3 aromatic heterocycles. The van der Waals surface area contributed by atoms with Gasteiger partial charge in [0.1, 0.15) is 17.2 Å². The number of nitrogens with zero attached hydrogens (tertiary/aromatic N) is 3. The molecule has 5 rings (SSSR count). The number of esters is 1. The maximum atomic E-state index is 13.9. The number of nitrogens with one attached hydrogen (secondary N) is 3. The van der Waals surface area contributed by atoms with Crippen molar-refractivity contribution in [2.24, 2.45) is 0 Å². The summed E-state index contributed by atoms with van der Waals surface area (Å²) in [7, 11) is 0. The number of halogens is 1. The third-order valence-corrected chi connectivity index (χ3v) is 6.75. The van der Waals surface area contributed by atoms with E-state index < -0.39 is 34.8 Å². The van der Waals surface area contributed by atoms with Gasteiger partial charge in [0.25, 0.3) is 22.7 Å². The van der Waals surface area contributed by atoms with Crippen molar-refractivity contribution in [1.29, 1.82) is 0 Å². The van der Waals surface area contributed by atoms with Gasteiger partial charge in [0.15, 0.2) is 5.82 Å². The average Bonchev–Trinajstić information content (AvgIpc) is 3.47. The van der Waals surface area contributed by atoms with Crippen LogP contribution in [0.3, 0.4) is 0 Å². The Kier molecular flexibility index (Phi) is 8.80. The van der Waals surface area contributed by atoms with Crippen LogP contribution in [0.5, 0.6) is 5.75 Å². The van der Waals surface area contributed by atoms with E-state index in [-0.39, 0.29) is 57.0 Å². The van der Waals surface area contributed by atoms with Gasteiger partial charge in [0, 0.05) is 12.4 Å². The molecule has 0 saturated heterocycles. The molecule has 0 spiro atoms. The fourth-order valence-electron chi connectivity index (χ4n) is 4.13. The van der Waals surface area contributed by atoms with Crippen LogP contribution in [-0.4, -0.2) is 46.8 Å². The highest BCUT2D eigenvalue weighted by Gasteiger charge is 2.31. The fourth-order valence-corrected chi connectivity index (χ4v) is 4.62. The van der Waals surface area contributed by atoms with Crippen molar-refractivity contribution in [3.63, 3.8) is 0 Å². The van der Waals surface area contributed by atoms with E-state index in [1.165, 1.54) is 53.2 Å². The second kappa shape index (κ2) is 12.9. The molecule has 0 fully saturated rings. The highest BCUT2D eigenvalue weighted by atomic mass is 35.5. The summed E-state index contributed by atoms with van der Waals surface area (Å²) >= 11 is 3.95. The smallest absolute Gasteiger partial charge is 0.338 e. The van der Waals surface area contributed by atoms with Gasteiger partial charge in [-0.25, -0.2) is 23.5 Å². The van der Waals surface area contributed by atoms with Crippen LogP contribution < -0.4 is 20.3 Å². The van der Waals surface area contributed by atoms with E-state index >= 15 is 0 Å². The number of carbonyl (C=O) groups is 2. The van der Waals surface area contributed by atoms with Gasteiger partial charge in [-0.2, -0.15) is 0 Å². The summed E-state index contributed by atoms with van der Waals surface area (Å²) in [5, 5.41) is 3.03. The van der Waals surface area contributed by atoms with Crippen molar-refractivity contribution in [3.05, 3.63) is 106 Å². The molecule has 0 aliphatic rings. The summed E-state index contributed by atoms with van der Waals surface area (Å²) in [4.78, 5) is 51.5. The van der Waals surface area contributed by atoms with Crippen LogP contribution in [0.25, 0.3) is 16.9 Å². The quantitative estimate of drug-likeness (QED) is 0.131. The Bertz CT molecular complexity index is 1880. The highest BCUT2D eigenvalue weighted by Crippen LogP contribution is 2.29. The lowest BCUT2D eigenvalue weighted by Crippen LogP contribution is -2.34. The summed E-state index contributed by atoms with van der Waals surface area (Å²) in [6.45, 7) is 1.89. The van der Waals surface area contributed by atoms with E-state index in [1.807, 2.05) is 0 Å². The Morgan fingerprint density at radius 1 is 1.14 bits per heavy atom. The summed E-state index contributed by atoms with van der Waals surface area (Å²) in [5.41, 5.74) is 0.253. The molecule has 43 heavy (non-hydrogen) atoms. The van der Waals surface area contributed by atoms with Crippen LogP contribution in [0.1, 0.15) is 29.2 Å². The standard InChI is InChI=1S/C28H23ClN6O7S/c1-2-41-28(38)16-6-9-18(10-7-16)42-23(26(36)32-21-15-17(34-43(39)40)8-11-20(21)29)25-33-24-19(12-14-31-24)27(37)35(25)22-5-3-4-13-30-22/h3-15,23,31,34H,2H2,1H3,(H,32,36)(H,39,40). The molecule has 0 aliphatic carbocycles. The molecule has 0 saturated carbocycles. The van der Waals surface area contributed by atoms with Gasteiger partial charge >= 0.3 is 5.97 Å². The predicted molar refractivity (Wildman–Crippen MR) is 160 cm³/mol. The predicted octanol–water partition coefficient (Wildman–Crippen LogP) is 4.25. The zero-order chi connectivity index (χ0) is 30.5. The molecule has 2 aromatic carbocycles. The minimum atomic E-state index is -2.37.